The van der Waals surface area contributed by atoms with Crippen molar-refractivity contribution in [2.45, 2.75) is 20.8 Å². The number of carboxylic acids is 1. The smallest absolute Gasteiger partial charge is 0.337 e. The van der Waals surface area contributed by atoms with Crippen LogP contribution >= 0.6 is 11.6 Å². The Kier molecular flexibility index (Phi) is 4.47. The molecule has 0 aliphatic heterocycles. The van der Waals surface area contributed by atoms with Crippen molar-refractivity contribution in [3.8, 4) is 0 Å². The van der Waals surface area contributed by atoms with Gasteiger partial charge in [-0.2, -0.15) is 0 Å². The first kappa shape index (κ1) is 15.8. The first-order valence-electron chi connectivity index (χ1n) is 5.53. The van der Waals surface area contributed by atoms with E-state index in [0.29, 0.717) is 0 Å². The molecule has 0 amide bonds. The molecule has 1 aromatic rings. The molecule has 2 N–H and O–H groups in total. The molecule has 0 heterocycles. The van der Waals surface area contributed by atoms with Crippen molar-refractivity contribution < 1.29 is 18.3 Å². The van der Waals surface area contributed by atoms with E-state index in [1.54, 1.807) is 20.8 Å². The summed E-state index contributed by atoms with van der Waals surface area (Å²) in [4.78, 5) is 11.0. The van der Waals surface area contributed by atoms with E-state index in [-0.39, 0.29) is 22.0 Å². The van der Waals surface area contributed by atoms with Gasteiger partial charge in [-0.05, 0) is 23.6 Å². The number of sulfonamides is 1. The van der Waals surface area contributed by atoms with Crippen LogP contribution in [0.2, 0.25) is 5.02 Å². The van der Waals surface area contributed by atoms with Crippen molar-refractivity contribution in [2.24, 2.45) is 5.41 Å². The van der Waals surface area contributed by atoms with Crippen LogP contribution in [-0.4, -0.2) is 25.2 Å². The Balaban J connectivity index is 3.12. The first-order valence-corrected chi connectivity index (χ1v) is 7.56. The lowest BCUT2D eigenvalue weighted by molar-refractivity contribution is 0.0698. The predicted octanol–water partition coefficient (Wildman–Crippen LogP) is 2.83. The van der Waals surface area contributed by atoms with Crippen LogP contribution in [-0.2, 0) is 10.0 Å². The van der Waals surface area contributed by atoms with E-state index < -0.39 is 21.4 Å². The Labute approximate surface area is 117 Å². The summed E-state index contributed by atoms with van der Waals surface area (Å²) >= 11 is 5.76. The van der Waals surface area contributed by atoms with Gasteiger partial charge in [-0.25, -0.2) is 13.2 Å². The summed E-state index contributed by atoms with van der Waals surface area (Å²) in [5.74, 6) is -1.34. The molecule has 1 aromatic carbocycles. The van der Waals surface area contributed by atoms with E-state index in [2.05, 4.69) is 4.72 Å². The van der Waals surface area contributed by atoms with Crippen molar-refractivity contribution in [1.29, 1.82) is 0 Å². The Bertz CT molecular complexity index is 590. The van der Waals surface area contributed by atoms with Crippen molar-refractivity contribution in [3.05, 3.63) is 28.8 Å². The number of carboxylic acid groups (broad SMARTS) is 1. The summed E-state index contributed by atoms with van der Waals surface area (Å²) in [6, 6.07) is 3.94. The Hall–Kier alpha value is -1.27. The average molecular weight is 306 g/mol. The van der Waals surface area contributed by atoms with E-state index in [0.717, 1.165) is 0 Å². The zero-order chi connectivity index (χ0) is 14.8. The van der Waals surface area contributed by atoms with Crippen LogP contribution in [0.4, 0.5) is 5.69 Å². The van der Waals surface area contributed by atoms with Crippen molar-refractivity contribution in [2.75, 3.05) is 10.5 Å². The minimum atomic E-state index is -3.64. The summed E-state index contributed by atoms with van der Waals surface area (Å²) in [6.45, 7) is 5.34. The molecule has 5 nitrogen and oxygen atoms in total. The fourth-order valence-corrected chi connectivity index (χ4v) is 3.45. The van der Waals surface area contributed by atoms with E-state index in [1.165, 1.54) is 18.2 Å². The highest BCUT2D eigenvalue weighted by molar-refractivity contribution is 7.92. The van der Waals surface area contributed by atoms with Gasteiger partial charge in [0.2, 0.25) is 10.0 Å². The lowest BCUT2D eigenvalue weighted by Gasteiger charge is -2.19. The van der Waals surface area contributed by atoms with Crippen LogP contribution in [0.5, 0.6) is 0 Å². The summed E-state index contributed by atoms with van der Waals surface area (Å²) in [6.07, 6.45) is 0. The lowest BCUT2D eigenvalue weighted by Crippen LogP contribution is -2.26. The molecular weight excluding hydrogens is 290 g/mol. The second kappa shape index (κ2) is 5.38. The molecule has 7 heteroatoms. The van der Waals surface area contributed by atoms with Crippen molar-refractivity contribution in [1.82, 2.24) is 0 Å². The molecule has 19 heavy (non-hydrogen) atoms. The highest BCUT2D eigenvalue weighted by Gasteiger charge is 2.23. The number of benzene rings is 1. The van der Waals surface area contributed by atoms with E-state index in [4.69, 9.17) is 16.7 Å². The minimum Gasteiger partial charge on any atom is -0.478 e. The van der Waals surface area contributed by atoms with Crippen LogP contribution < -0.4 is 4.72 Å². The molecule has 0 saturated heterocycles. The maximum atomic E-state index is 12.0. The summed E-state index contributed by atoms with van der Waals surface area (Å²) in [5.41, 5.74) is -0.598. The molecule has 0 aliphatic carbocycles. The quantitative estimate of drug-likeness (QED) is 0.896. The molecule has 0 radical (unpaired) electrons. The summed E-state index contributed by atoms with van der Waals surface area (Å²) in [5, 5.41) is 9.27. The number of rotatable bonds is 4. The number of carbonyl (C=O) groups is 1. The largest absolute Gasteiger partial charge is 0.478 e. The Morgan fingerprint density at radius 1 is 1.37 bits per heavy atom. The number of anilines is 1. The monoisotopic (exact) mass is 305 g/mol. The van der Waals surface area contributed by atoms with Gasteiger partial charge in [0, 0.05) is 5.02 Å². The zero-order valence-electron chi connectivity index (χ0n) is 10.9. The number of nitrogens with one attached hydrogen (secondary N) is 1. The van der Waals surface area contributed by atoms with Gasteiger partial charge in [0.15, 0.2) is 0 Å². The second-order valence-electron chi connectivity index (χ2n) is 5.42. The summed E-state index contributed by atoms with van der Waals surface area (Å²) in [7, 11) is -3.64. The Morgan fingerprint density at radius 2 is 1.95 bits per heavy atom. The van der Waals surface area contributed by atoms with Crippen LogP contribution in [0, 0.1) is 5.41 Å². The third kappa shape index (κ3) is 5.08. The molecular formula is C12H16ClNO4S. The SMILES string of the molecule is CC(C)(C)CS(=O)(=O)Nc1cc(Cl)ccc1C(=O)O. The second-order valence-corrected chi connectivity index (χ2v) is 7.58. The van der Waals surface area contributed by atoms with Gasteiger partial charge in [0.1, 0.15) is 0 Å². The van der Waals surface area contributed by atoms with Gasteiger partial charge >= 0.3 is 5.97 Å². The molecule has 0 aromatic heterocycles. The standard InChI is InChI=1S/C12H16ClNO4S/c1-12(2,3)7-19(17,18)14-10-6-8(13)4-5-9(10)11(15)16/h4-6,14H,7H2,1-3H3,(H,15,16). The normalized spacial score (nSPS) is 12.2. The highest BCUT2D eigenvalue weighted by atomic mass is 35.5. The van der Waals surface area contributed by atoms with Gasteiger partial charge in [-0.3, -0.25) is 4.72 Å². The van der Waals surface area contributed by atoms with Gasteiger partial charge in [-0.1, -0.05) is 32.4 Å². The molecule has 0 spiro atoms. The number of hydrogen-bond acceptors (Lipinski definition) is 3. The molecule has 0 bridgehead atoms. The fraction of sp³-hybridized carbons (Fsp3) is 0.417. The Morgan fingerprint density at radius 3 is 2.42 bits per heavy atom. The van der Waals surface area contributed by atoms with Crippen LogP contribution in [0.15, 0.2) is 18.2 Å². The molecule has 0 fully saturated rings. The average Bonchev–Trinajstić information content (AvgIpc) is 2.11. The van der Waals surface area contributed by atoms with Crippen LogP contribution in [0.1, 0.15) is 31.1 Å². The van der Waals surface area contributed by atoms with E-state index in [9.17, 15) is 13.2 Å². The number of hydrogen-bond donors (Lipinski definition) is 2. The maximum Gasteiger partial charge on any atom is 0.337 e. The van der Waals surface area contributed by atoms with Gasteiger partial charge < -0.3 is 5.11 Å². The molecule has 106 valence electrons. The molecule has 0 atom stereocenters. The lowest BCUT2D eigenvalue weighted by atomic mass is 10.0. The highest BCUT2D eigenvalue weighted by Crippen LogP contribution is 2.24. The van der Waals surface area contributed by atoms with Gasteiger partial charge in [0.25, 0.3) is 0 Å². The fourth-order valence-electron chi connectivity index (χ4n) is 1.56. The molecule has 0 aliphatic rings. The molecule has 0 unspecified atom stereocenters. The number of halogens is 1. The van der Waals surface area contributed by atoms with Crippen LogP contribution in [0.25, 0.3) is 0 Å². The van der Waals surface area contributed by atoms with Crippen molar-refractivity contribution >= 4 is 33.3 Å². The third-order valence-electron chi connectivity index (χ3n) is 2.10. The number of aromatic carboxylic acids is 1. The van der Waals surface area contributed by atoms with Gasteiger partial charge in [0.05, 0.1) is 17.0 Å². The maximum absolute atomic E-state index is 12.0. The first-order chi connectivity index (χ1) is 8.50. The van der Waals surface area contributed by atoms with E-state index >= 15 is 0 Å². The van der Waals surface area contributed by atoms with Gasteiger partial charge in [-0.15, -0.1) is 0 Å². The zero-order valence-corrected chi connectivity index (χ0v) is 12.5. The topological polar surface area (TPSA) is 83.5 Å². The van der Waals surface area contributed by atoms with Crippen molar-refractivity contribution in [3.63, 3.8) is 0 Å². The van der Waals surface area contributed by atoms with Crippen LogP contribution in [0.3, 0.4) is 0 Å². The molecule has 1 rings (SSSR count). The summed E-state index contributed by atoms with van der Waals surface area (Å²) < 4.78 is 26.2. The molecule has 0 saturated carbocycles. The predicted molar refractivity (Wildman–Crippen MR) is 75.3 cm³/mol. The van der Waals surface area contributed by atoms with E-state index in [1.807, 2.05) is 0 Å². The minimum absolute atomic E-state index is 0.0238. The third-order valence-corrected chi connectivity index (χ3v) is 4.11.